The summed E-state index contributed by atoms with van der Waals surface area (Å²) in [4.78, 5) is 12.1. The van der Waals surface area contributed by atoms with Gasteiger partial charge in [-0.05, 0) is 45.1 Å². The molecule has 1 aromatic carbocycles. The van der Waals surface area contributed by atoms with Crippen LogP contribution in [-0.4, -0.2) is 38.5 Å². The summed E-state index contributed by atoms with van der Waals surface area (Å²) in [5.41, 5.74) is 0.990. The molecule has 2 rings (SSSR count). The van der Waals surface area contributed by atoms with Gasteiger partial charge in [0.25, 0.3) is 0 Å². The number of allylic oxidation sites excluding steroid dienone is 1. The van der Waals surface area contributed by atoms with Gasteiger partial charge in [-0.1, -0.05) is 17.7 Å². The fraction of sp³-hybridized carbons (Fsp3) is 0.471. The molecule has 6 heteroatoms. The van der Waals surface area contributed by atoms with Crippen molar-refractivity contribution in [1.82, 2.24) is 0 Å². The lowest BCUT2D eigenvalue weighted by Crippen LogP contribution is -2.20. The predicted molar refractivity (Wildman–Crippen MR) is 86.9 cm³/mol. The van der Waals surface area contributed by atoms with Crippen molar-refractivity contribution in [3.63, 3.8) is 0 Å². The predicted octanol–water partition coefficient (Wildman–Crippen LogP) is 2.44. The average molecular weight is 338 g/mol. The number of ketones is 1. The van der Waals surface area contributed by atoms with Crippen molar-refractivity contribution in [3.8, 4) is 0 Å². The fourth-order valence-electron chi connectivity index (χ4n) is 2.21. The van der Waals surface area contributed by atoms with Crippen LogP contribution >= 0.6 is 0 Å². The topological polar surface area (TPSA) is 69.7 Å². The maximum atomic E-state index is 12.2. The van der Waals surface area contributed by atoms with Gasteiger partial charge in [-0.2, -0.15) is 0 Å². The number of carbonyl (C=O) groups is 1. The molecular weight excluding hydrogens is 316 g/mol. The van der Waals surface area contributed by atoms with Crippen LogP contribution in [0.2, 0.25) is 0 Å². The first-order valence-corrected chi connectivity index (χ1v) is 9.15. The van der Waals surface area contributed by atoms with Crippen molar-refractivity contribution < 1.29 is 22.7 Å². The highest BCUT2D eigenvalue weighted by Crippen LogP contribution is 2.22. The molecule has 0 radical (unpaired) electrons. The molecule has 0 N–H and O–H groups in total. The van der Waals surface area contributed by atoms with Gasteiger partial charge in [0.1, 0.15) is 6.10 Å². The largest absolute Gasteiger partial charge is 0.347 e. The second kappa shape index (κ2) is 6.95. The highest BCUT2D eigenvalue weighted by molar-refractivity contribution is 7.91. The molecule has 1 fully saturated rings. The molecule has 0 aromatic heterocycles. The number of hydrogen-bond donors (Lipinski definition) is 0. The van der Waals surface area contributed by atoms with Crippen LogP contribution in [0.1, 0.15) is 25.8 Å². The Hall–Kier alpha value is -1.50. The molecule has 23 heavy (non-hydrogen) atoms. The van der Waals surface area contributed by atoms with Crippen LogP contribution in [0.4, 0.5) is 0 Å². The third-order valence-corrected chi connectivity index (χ3v) is 5.26. The van der Waals surface area contributed by atoms with Crippen molar-refractivity contribution >= 4 is 15.6 Å². The summed E-state index contributed by atoms with van der Waals surface area (Å²) in [6.07, 6.45) is 2.67. The lowest BCUT2D eigenvalue weighted by molar-refractivity contribution is -0.133. The average Bonchev–Trinajstić information content (AvgIpc) is 2.83. The maximum absolute atomic E-state index is 12.2. The van der Waals surface area contributed by atoms with Gasteiger partial charge in [0.05, 0.1) is 17.3 Å². The Morgan fingerprint density at radius 1 is 1.30 bits per heavy atom. The Labute approximate surface area is 137 Å². The first-order valence-electron chi connectivity index (χ1n) is 7.50. The zero-order valence-electron chi connectivity index (χ0n) is 13.6. The standard InChI is InChI=1S/C17H22O5S/c1-13-4-8-16(9-5-13)23(19,20)11-10-14(18)6-7-15-12-21-17(2,3)22-15/h4-9,15H,10-12H2,1-3H3/b7-6+. The number of benzene rings is 1. The van der Waals surface area contributed by atoms with E-state index in [9.17, 15) is 13.2 Å². The second-order valence-electron chi connectivity index (χ2n) is 6.07. The molecule has 1 aliphatic heterocycles. The summed E-state index contributed by atoms with van der Waals surface area (Å²) in [6, 6.07) is 6.62. The smallest absolute Gasteiger partial charge is 0.178 e. The van der Waals surface area contributed by atoms with Gasteiger partial charge in [-0.15, -0.1) is 0 Å². The van der Waals surface area contributed by atoms with Gasteiger partial charge in [0, 0.05) is 6.42 Å². The molecular formula is C17H22O5S. The van der Waals surface area contributed by atoms with Crippen molar-refractivity contribution in [1.29, 1.82) is 0 Å². The Morgan fingerprint density at radius 2 is 1.96 bits per heavy atom. The first-order chi connectivity index (χ1) is 10.7. The van der Waals surface area contributed by atoms with Gasteiger partial charge >= 0.3 is 0 Å². The number of carbonyl (C=O) groups excluding carboxylic acids is 1. The summed E-state index contributed by atoms with van der Waals surface area (Å²) in [5.74, 6) is -1.09. The highest BCUT2D eigenvalue weighted by Gasteiger charge is 2.31. The Kier molecular flexibility index (Phi) is 5.39. The van der Waals surface area contributed by atoms with Crippen LogP contribution in [0, 0.1) is 6.92 Å². The third-order valence-electron chi connectivity index (χ3n) is 3.52. The molecule has 1 atom stereocenters. The second-order valence-corrected chi connectivity index (χ2v) is 8.18. The number of aryl methyl sites for hydroxylation is 1. The van der Waals surface area contributed by atoms with Gasteiger partial charge < -0.3 is 9.47 Å². The van der Waals surface area contributed by atoms with Crippen molar-refractivity contribution in [3.05, 3.63) is 42.0 Å². The molecule has 1 heterocycles. The van der Waals surface area contributed by atoms with Crippen molar-refractivity contribution in [2.45, 2.75) is 44.0 Å². The molecule has 0 bridgehead atoms. The molecule has 1 saturated heterocycles. The SMILES string of the molecule is Cc1ccc(S(=O)(=O)CCC(=O)/C=C/C2COC(C)(C)O2)cc1. The van der Waals surface area contributed by atoms with Gasteiger partial charge in [-0.3, -0.25) is 4.79 Å². The summed E-state index contributed by atoms with van der Waals surface area (Å²) in [6.45, 7) is 5.88. The van der Waals surface area contributed by atoms with E-state index in [0.717, 1.165) is 5.56 Å². The molecule has 0 amide bonds. The highest BCUT2D eigenvalue weighted by atomic mass is 32.2. The monoisotopic (exact) mass is 338 g/mol. The number of hydrogen-bond acceptors (Lipinski definition) is 5. The third kappa shape index (κ3) is 5.27. The van der Waals surface area contributed by atoms with Crippen LogP contribution in [0.3, 0.4) is 0 Å². The summed E-state index contributed by atoms with van der Waals surface area (Å²) < 4.78 is 35.3. The molecule has 1 unspecified atom stereocenters. The Bertz CT molecular complexity index is 686. The molecule has 1 aliphatic rings. The van der Waals surface area contributed by atoms with E-state index in [1.165, 1.54) is 6.08 Å². The van der Waals surface area contributed by atoms with E-state index < -0.39 is 15.6 Å². The normalized spacial score (nSPS) is 20.9. The van der Waals surface area contributed by atoms with Crippen LogP contribution in [0.15, 0.2) is 41.3 Å². The van der Waals surface area contributed by atoms with Crippen molar-refractivity contribution in [2.75, 3.05) is 12.4 Å². The number of sulfone groups is 1. The van der Waals surface area contributed by atoms with E-state index in [-0.39, 0.29) is 29.0 Å². The molecule has 126 valence electrons. The number of rotatable bonds is 6. The van der Waals surface area contributed by atoms with E-state index in [0.29, 0.717) is 6.61 Å². The first kappa shape index (κ1) is 17.8. The minimum Gasteiger partial charge on any atom is -0.347 e. The van der Waals surface area contributed by atoms with E-state index in [4.69, 9.17) is 9.47 Å². The minimum atomic E-state index is -3.44. The van der Waals surface area contributed by atoms with Crippen LogP contribution < -0.4 is 0 Å². The molecule has 0 saturated carbocycles. The zero-order chi connectivity index (χ0) is 17.1. The van der Waals surface area contributed by atoms with Crippen LogP contribution in [0.25, 0.3) is 0 Å². The fourth-order valence-corrected chi connectivity index (χ4v) is 3.46. The molecule has 0 spiro atoms. The van der Waals surface area contributed by atoms with Gasteiger partial charge in [0.15, 0.2) is 21.4 Å². The van der Waals surface area contributed by atoms with E-state index in [1.54, 1.807) is 44.2 Å². The maximum Gasteiger partial charge on any atom is 0.178 e. The summed E-state index contributed by atoms with van der Waals surface area (Å²) in [7, 11) is -3.44. The Balaban J connectivity index is 1.87. The Morgan fingerprint density at radius 3 is 2.52 bits per heavy atom. The molecule has 0 aliphatic carbocycles. The lowest BCUT2D eigenvalue weighted by atomic mass is 10.2. The van der Waals surface area contributed by atoms with E-state index in [2.05, 4.69) is 0 Å². The minimum absolute atomic E-state index is 0.0519. The molecule has 5 nitrogen and oxygen atoms in total. The van der Waals surface area contributed by atoms with E-state index >= 15 is 0 Å². The van der Waals surface area contributed by atoms with E-state index in [1.807, 2.05) is 6.92 Å². The number of ether oxygens (including phenoxy) is 2. The zero-order valence-corrected chi connectivity index (χ0v) is 14.4. The molecule has 1 aromatic rings. The summed E-state index contributed by atoms with van der Waals surface area (Å²) >= 11 is 0. The van der Waals surface area contributed by atoms with Crippen LogP contribution in [-0.2, 0) is 24.1 Å². The van der Waals surface area contributed by atoms with Gasteiger partial charge in [0.2, 0.25) is 0 Å². The van der Waals surface area contributed by atoms with Crippen LogP contribution in [0.5, 0.6) is 0 Å². The van der Waals surface area contributed by atoms with Gasteiger partial charge in [-0.25, -0.2) is 8.42 Å². The summed E-state index contributed by atoms with van der Waals surface area (Å²) in [5, 5.41) is 0. The quantitative estimate of drug-likeness (QED) is 0.745. The lowest BCUT2D eigenvalue weighted by Gasteiger charge is -2.15. The van der Waals surface area contributed by atoms with Crippen molar-refractivity contribution in [2.24, 2.45) is 0 Å².